The van der Waals surface area contributed by atoms with E-state index in [1.54, 1.807) is 31.4 Å². The number of hydrogen-bond donors (Lipinski definition) is 1. The van der Waals surface area contributed by atoms with Gasteiger partial charge in [-0.25, -0.2) is 4.98 Å². The second-order valence-electron chi connectivity index (χ2n) is 4.77. The number of methoxy groups -OCH3 is 1. The van der Waals surface area contributed by atoms with Crippen molar-refractivity contribution in [1.29, 1.82) is 0 Å². The predicted octanol–water partition coefficient (Wildman–Crippen LogP) is 2.72. The highest BCUT2D eigenvalue weighted by Crippen LogP contribution is 2.20. The van der Waals surface area contributed by atoms with E-state index in [1.807, 2.05) is 12.1 Å². The molecule has 0 unspecified atom stereocenters. The summed E-state index contributed by atoms with van der Waals surface area (Å²) in [6, 6.07) is 10.4. The quantitative estimate of drug-likeness (QED) is 0.716. The van der Waals surface area contributed by atoms with Gasteiger partial charge in [-0.15, -0.1) is 0 Å². The number of benzene rings is 1. The van der Waals surface area contributed by atoms with E-state index in [-0.39, 0.29) is 23.2 Å². The first-order chi connectivity index (χ1) is 11.7. The van der Waals surface area contributed by atoms with Crippen LogP contribution < -0.4 is 10.1 Å². The fraction of sp³-hybridized carbons (Fsp3) is 0.125. The minimum atomic E-state index is -0.358. The zero-order chi connectivity index (χ0) is 16.9. The lowest BCUT2D eigenvalue weighted by atomic mass is 10.2. The Labute approximate surface area is 142 Å². The molecule has 0 aliphatic carbocycles. The van der Waals surface area contributed by atoms with Crippen LogP contribution in [0.25, 0.3) is 11.5 Å². The van der Waals surface area contributed by atoms with Gasteiger partial charge in [0.2, 0.25) is 0 Å². The van der Waals surface area contributed by atoms with Crippen molar-refractivity contribution in [2.45, 2.75) is 6.54 Å². The summed E-state index contributed by atoms with van der Waals surface area (Å²) >= 11 is 5.88. The Bertz CT molecular complexity index is 849. The molecular weight excluding hydrogens is 332 g/mol. The third-order valence-electron chi connectivity index (χ3n) is 3.22. The van der Waals surface area contributed by atoms with Crippen molar-refractivity contribution >= 4 is 17.5 Å². The molecule has 0 aliphatic rings. The molecule has 3 aromatic rings. The van der Waals surface area contributed by atoms with E-state index >= 15 is 0 Å². The van der Waals surface area contributed by atoms with Gasteiger partial charge in [0, 0.05) is 11.8 Å². The average Bonchev–Trinajstić information content (AvgIpc) is 3.09. The smallest absolute Gasteiger partial charge is 0.257 e. The Balaban J connectivity index is 1.66. The zero-order valence-electron chi connectivity index (χ0n) is 12.7. The van der Waals surface area contributed by atoms with Crippen molar-refractivity contribution < 1.29 is 14.1 Å². The number of carbonyl (C=O) groups excluding carboxylic acids is 1. The third kappa shape index (κ3) is 3.52. The van der Waals surface area contributed by atoms with Gasteiger partial charge in [0.05, 0.1) is 19.2 Å². The molecule has 0 radical (unpaired) electrons. The fourth-order valence-electron chi connectivity index (χ4n) is 1.99. The first kappa shape index (κ1) is 15.9. The number of aromatic nitrogens is 3. The molecule has 24 heavy (non-hydrogen) atoms. The van der Waals surface area contributed by atoms with E-state index in [0.29, 0.717) is 11.7 Å². The molecular formula is C16H13ClN4O3. The van der Waals surface area contributed by atoms with Crippen LogP contribution in [0.2, 0.25) is 5.15 Å². The highest BCUT2D eigenvalue weighted by atomic mass is 35.5. The number of ether oxygens (including phenoxy) is 1. The largest absolute Gasteiger partial charge is 0.497 e. The third-order valence-corrected chi connectivity index (χ3v) is 3.52. The molecule has 3 rings (SSSR count). The second-order valence-corrected chi connectivity index (χ2v) is 5.13. The van der Waals surface area contributed by atoms with Crippen LogP contribution in [0.5, 0.6) is 5.75 Å². The number of amides is 1. The minimum Gasteiger partial charge on any atom is -0.497 e. The van der Waals surface area contributed by atoms with Crippen LogP contribution in [-0.4, -0.2) is 28.1 Å². The van der Waals surface area contributed by atoms with E-state index in [0.717, 1.165) is 11.3 Å². The first-order valence-electron chi connectivity index (χ1n) is 7.03. The maximum Gasteiger partial charge on any atom is 0.257 e. The van der Waals surface area contributed by atoms with Crippen molar-refractivity contribution in [3.63, 3.8) is 0 Å². The zero-order valence-corrected chi connectivity index (χ0v) is 13.4. The Kier molecular flexibility index (Phi) is 4.72. The Morgan fingerprint density at radius 3 is 2.79 bits per heavy atom. The molecule has 1 aromatic carbocycles. The summed E-state index contributed by atoms with van der Waals surface area (Å²) in [4.78, 5) is 20.2. The molecule has 1 amide bonds. The van der Waals surface area contributed by atoms with Crippen molar-refractivity contribution in [2.75, 3.05) is 7.11 Å². The lowest BCUT2D eigenvalue weighted by Crippen LogP contribution is -2.23. The molecule has 2 heterocycles. The summed E-state index contributed by atoms with van der Waals surface area (Å²) in [5.74, 6) is 1.10. The van der Waals surface area contributed by atoms with Gasteiger partial charge >= 0.3 is 0 Å². The number of rotatable bonds is 5. The molecule has 122 valence electrons. The van der Waals surface area contributed by atoms with E-state index in [2.05, 4.69) is 20.4 Å². The highest BCUT2D eigenvalue weighted by molar-refractivity contribution is 6.32. The molecule has 7 nitrogen and oxygen atoms in total. The molecule has 0 aliphatic heterocycles. The SMILES string of the molecule is COc1ccc(-c2nc(CNC(=O)c3cccnc3Cl)no2)cc1. The molecule has 0 atom stereocenters. The molecule has 0 spiro atoms. The summed E-state index contributed by atoms with van der Waals surface area (Å²) in [5.41, 5.74) is 1.05. The van der Waals surface area contributed by atoms with E-state index in [4.69, 9.17) is 20.9 Å². The number of halogens is 1. The summed E-state index contributed by atoms with van der Waals surface area (Å²) in [6.07, 6.45) is 1.51. The average molecular weight is 345 g/mol. The van der Waals surface area contributed by atoms with E-state index < -0.39 is 0 Å². The van der Waals surface area contributed by atoms with Gasteiger partial charge in [0.25, 0.3) is 11.8 Å². The van der Waals surface area contributed by atoms with Crippen LogP contribution in [-0.2, 0) is 6.54 Å². The molecule has 0 fully saturated rings. The highest BCUT2D eigenvalue weighted by Gasteiger charge is 2.13. The van der Waals surface area contributed by atoms with Crippen molar-refractivity contribution in [1.82, 2.24) is 20.4 Å². The first-order valence-corrected chi connectivity index (χ1v) is 7.41. The Morgan fingerprint density at radius 1 is 1.29 bits per heavy atom. The van der Waals surface area contributed by atoms with E-state index in [9.17, 15) is 4.79 Å². The summed E-state index contributed by atoms with van der Waals surface area (Å²) < 4.78 is 10.3. The summed E-state index contributed by atoms with van der Waals surface area (Å²) in [7, 11) is 1.59. The fourth-order valence-corrected chi connectivity index (χ4v) is 2.19. The van der Waals surface area contributed by atoms with Gasteiger partial charge in [0.15, 0.2) is 5.82 Å². The van der Waals surface area contributed by atoms with Crippen LogP contribution in [0.15, 0.2) is 47.1 Å². The predicted molar refractivity (Wildman–Crippen MR) is 86.7 cm³/mol. The minimum absolute atomic E-state index is 0.115. The number of nitrogens with zero attached hydrogens (tertiary/aromatic N) is 3. The molecule has 0 bridgehead atoms. The lowest BCUT2D eigenvalue weighted by molar-refractivity contribution is 0.0949. The van der Waals surface area contributed by atoms with Gasteiger partial charge in [-0.1, -0.05) is 16.8 Å². The lowest BCUT2D eigenvalue weighted by Gasteiger charge is -2.03. The van der Waals surface area contributed by atoms with Crippen molar-refractivity contribution in [3.05, 3.63) is 59.1 Å². The van der Waals surface area contributed by atoms with Crippen molar-refractivity contribution in [2.24, 2.45) is 0 Å². The summed E-state index contributed by atoms with van der Waals surface area (Å²) in [6.45, 7) is 0.115. The number of pyridine rings is 1. The van der Waals surface area contributed by atoms with Crippen molar-refractivity contribution in [3.8, 4) is 17.2 Å². The summed E-state index contributed by atoms with van der Waals surface area (Å²) in [5, 5.41) is 6.65. The van der Waals surface area contributed by atoms with Gasteiger partial charge < -0.3 is 14.6 Å². The topological polar surface area (TPSA) is 90.1 Å². The Hall–Kier alpha value is -2.93. The number of hydrogen-bond acceptors (Lipinski definition) is 6. The van der Waals surface area contributed by atoms with Crippen LogP contribution in [0.1, 0.15) is 16.2 Å². The maximum atomic E-state index is 12.1. The number of nitrogens with one attached hydrogen (secondary N) is 1. The molecule has 0 saturated carbocycles. The molecule has 1 N–H and O–H groups in total. The molecule has 2 aromatic heterocycles. The van der Waals surface area contributed by atoms with Crippen LogP contribution in [0.4, 0.5) is 0 Å². The van der Waals surface area contributed by atoms with Crippen LogP contribution in [0.3, 0.4) is 0 Å². The maximum absolute atomic E-state index is 12.1. The normalized spacial score (nSPS) is 10.4. The number of carbonyl (C=O) groups is 1. The van der Waals surface area contributed by atoms with E-state index in [1.165, 1.54) is 6.20 Å². The molecule has 0 saturated heterocycles. The van der Waals surface area contributed by atoms with Gasteiger partial charge in [-0.3, -0.25) is 4.79 Å². The second kappa shape index (κ2) is 7.10. The standard InChI is InChI=1S/C16H13ClN4O3/c1-23-11-6-4-10(5-7-11)16-20-13(21-24-16)9-19-15(22)12-3-2-8-18-14(12)17/h2-8H,9H2,1H3,(H,19,22). The van der Waals surface area contributed by atoms with Gasteiger partial charge in [0.1, 0.15) is 10.9 Å². The van der Waals surface area contributed by atoms with Gasteiger partial charge in [-0.05, 0) is 36.4 Å². The van der Waals surface area contributed by atoms with Gasteiger partial charge in [-0.2, -0.15) is 4.98 Å². The van der Waals surface area contributed by atoms with Crippen LogP contribution in [0, 0.1) is 0 Å². The Morgan fingerprint density at radius 2 is 2.08 bits per heavy atom. The monoisotopic (exact) mass is 344 g/mol. The molecule has 8 heteroatoms. The van der Waals surface area contributed by atoms with Crippen LogP contribution >= 0.6 is 11.6 Å².